The minimum Gasteiger partial charge on any atom is -0.496 e. The normalized spacial score (nSPS) is 27.9. The number of nitrogens with zero attached hydrogens (tertiary/aromatic N) is 1. The third-order valence-electron chi connectivity index (χ3n) is 7.06. The van der Waals surface area contributed by atoms with Gasteiger partial charge in [0.05, 0.1) is 34.7 Å². The van der Waals surface area contributed by atoms with Gasteiger partial charge < -0.3 is 15.2 Å². The van der Waals surface area contributed by atoms with Crippen LogP contribution in [0.25, 0.3) is 0 Å². The van der Waals surface area contributed by atoms with Crippen molar-refractivity contribution >= 4 is 29.0 Å². The number of para-hydroxylation sites is 1. The Kier molecular flexibility index (Phi) is 6.78. The first-order valence-corrected chi connectivity index (χ1v) is 11.6. The van der Waals surface area contributed by atoms with Crippen molar-refractivity contribution < 1.29 is 14.6 Å². The van der Waals surface area contributed by atoms with E-state index in [0.717, 1.165) is 6.54 Å². The van der Waals surface area contributed by atoms with Gasteiger partial charge in [0.15, 0.2) is 0 Å². The molecule has 5 atom stereocenters. The van der Waals surface area contributed by atoms with E-state index in [1.54, 1.807) is 25.3 Å². The number of nitrogens with one attached hydrogen (secondary N) is 1. The molecule has 2 N–H and O–H groups in total. The number of hydrogen-bond donors (Lipinski definition) is 2. The molecule has 0 radical (unpaired) electrons. The van der Waals surface area contributed by atoms with Gasteiger partial charge >= 0.3 is 0 Å². The number of benzene rings is 2. The van der Waals surface area contributed by atoms with Crippen molar-refractivity contribution in [2.24, 2.45) is 17.8 Å². The van der Waals surface area contributed by atoms with Crippen molar-refractivity contribution in [2.45, 2.75) is 30.8 Å². The van der Waals surface area contributed by atoms with Gasteiger partial charge in [0.25, 0.3) is 0 Å². The van der Waals surface area contributed by atoms with Crippen molar-refractivity contribution in [2.75, 3.05) is 20.2 Å². The molecule has 4 rings (SSSR count). The number of ketones is 1. The second-order valence-electron chi connectivity index (χ2n) is 8.78. The molecular weight excluding hydrogens is 447 g/mol. The van der Waals surface area contributed by atoms with Gasteiger partial charge in [-0.25, -0.2) is 0 Å². The molecule has 7 heteroatoms. The van der Waals surface area contributed by atoms with Gasteiger partial charge in [0.1, 0.15) is 11.5 Å². The molecule has 168 valence electrons. The summed E-state index contributed by atoms with van der Waals surface area (Å²) in [5.41, 5.74) is 0.192. The maximum atomic E-state index is 13.8. The van der Waals surface area contributed by atoms with E-state index < -0.39 is 11.5 Å². The molecule has 1 unspecified atom stereocenters. The highest BCUT2D eigenvalue weighted by Crippen LogP contribution is 2.51. The third-order valence-corrected chi connectivity index (χ3v) is 7.80. The Balaban J connectivity index is 1.70. The van der Waals surface area contributed by atoms with Crippen molar-refractivity contribution in [3.63, 3.8) is 0 Å². The third kappa shape index (κ3) is 4.13. The van der Waals surface area contributed by atoms with Crippen molar-refractivity contribution in [1.82, 2.24) is 5.32 Å². The lowest BCUT2D eigenvalue weighted by molar-refractivity contribution is -0.136. The van der Waals surface area contributed by atoms with Crippen LogP contribution in [0.1, 0.15) is 36.3 Å². The highest BCUT2D eigenvalue weighted by molar-refractivity contribution is 6.42. The molecule has 2 fully saturated rings. The molecule has 2 aliphatic rings. The van der Waals surface area contributed by atoms with Crippen LogP contribution in [0.3, 0.4) is 0 Å². The summed E-state index contributed by atoms with van der Waals surface area (Å²) in [6.45, 7) is 1.44. The van der Waals surface area contributed by atoms with Crippen molar-refractivity contribution in [3.05, 3.63) is 63.6 Å². The standard InChI is InChI=1S/C25H26Cl2N2O3/c1-32-23-5-3-2-4-19(23)25(31)12-16(10-17-13-29-14-20(17)25)24(30)18(8-9-28)15-6-7-21(26)22(27)11-15/h2-7,11,16-18,20,29,31H,8,10,12-14H2,1H3/t16-,17-,18?,20+,25+/m0/s1. The lowest BCUT2D eigenvalue weighted by Gasteiger charge is -2.45. The number of ether oxygens (including phenoxy) is 1. The largest absolute Gasteiger partial charge is 0.496 e. The summed E-state index contributed by atoms with van der Waals surface area (Å²) >= 11 is 12.2. The summed E-state index contributed by atoms with van der Waals surface area (Å²) in [6, 6.07) is 14.7. The fraction of sp³-hybridized carbons (Fsp3) is 0.440. The van der Waals surface area contributed by atoms with Crippen LogP contribution in [0.15, 0.2) is 42.5 Å². The molecule has 32 heavy (non-hydrogen) atoms. The Morgan fingerprint density at radius 1 is 1.28 bits per heavy atom. The van der Waals surface area contributed by atoms with Gasteiger partial charge in [0, 0.05) is 30.4 Å². The summed E-state index contributed by atoms with van der Waals surface area (Å²) in [5.74, 6) is -0.284. The number of rotatable bonds is 6. The summed E-state index contributed by atoms with van der Waals surface area (Å²) in [4.78, 5) is 13.8. The molecule has 1 aliphatic carbocycles. The second kappa shape index (κ2) is 9.41. The average molecular weight is 473 g/mol. The number of halogens is 2. The summed E-state index contributed by atoms with van der Waals surface area (Å²) < 4.78 is 5.55. The summed E-state index contributed by atoms with van der Waals surface area (Å²) in [5, 5.41) is 25.6. The van der Waals surface area contributed by atoms with Crippen LogP contribution in [0, 0.1) is 29.1 Å². The highest BCUT2D eigenvalue weighted by Gasteiger charge is 2.53. The highest BCUT2D eigenvalue weighted by atomic mass is 35.5. The number of hydrogen-bond acceptors (Lipinski definition) is 5. The smallest absolute Gasteiger partial charge is 0.144 e. The molecule has 0 amide bonds. The zero-order chi connectivity index (χ0) is 22.9. The van der Waals surface area contributed by atoms with E-state index in [-0.39, 0.29) is 36.4 Å². The van der Waals surface area contributed by atoms with Crippen LogP contribution < -0.4 is 10.1 Å². The van der Waals surface area contributed by atoms with Gasteiger partial charge in [-0.3, -0.25) is 4.79 Å². The SMILES string of the molecule is COc1ccccc1[C@]1(O)C[C@@H](C(=O)C(CC#N)c2ccc(Cl)c(Cl)c2)C[C@H]2CNC[C@H]21. The Hall–Kier alpha value is -2.10. The Labute approximate surface area is 198 Å². The molecule has 0 bridgehead atoms. The number of nitriles is 1. The van der Waals surface area contributed by atoms with E-state index in [9.17, 15) is 15.2 Å². The Morgan fingerprint density at radius 2 is 2.06 bits per heavy atom. The van der Waals surface area contributed by atoms with Crippen LogP contribution in [0.4, 0.5) is 0 Å². The van der Waals surface area contributed by atoms with Crippen LogP contribution in [0.2, 0.25) is 10.0 Å². The van der Waals surface area contributed by atoms with Crippen molar-refractivity contribution in [3.8, 4) is 11.8 Å². The quantitative estimate of drug-likeness (QED) is 0.636. The van der Waals surface area contributed by atoms with Gasteiger partial charge in [-0.2, -0.15) is 5.26 Å². The fourth-order valence-corrected chi connectivity index (χ4v) is 5.84. The molecule has 2 aromatic carbocycles. The monoisotopic (exact) mass is 472 g/mol. The number of carbonyl (C=O) groups is 1. The first-order chi connectivity index (χ1) is 15.4. The molecular formula is C25H26Cl2N2O3. The molecule has 0 aromatic heterocycles. The first kappa shape index (κ1) is 23.1. The van der Waals surface area contributed by atoms with Gasteiger partial charge in [-0.1, -0.05) is 47.5 Å². The number of fused-ring (bicyclic) bond motifs is 1. The molecule has 2 aromatic rings. The zero-order valence-corrected chi connectivity index (χ0v) is 19.4. The maximum Gasteiger partial charge on any atom is 0.144 e. The van der Waals surface area contributed by atoms with E-state index >= 15 is 0 Å². The van der Waals surface area contributed by atoms with Crippen LogP contribution in [-0.2, 0) is 10.4 Å². The topological polar surface area (TPSA) is 82.3 Å². The fourth-order valence-electron chi connectivity index (χ4n) is 5.53. The molecule has 1 aliphatic heterocycles. The average Bonchev–Trinajstić information content (AvgIpc) is 3.28. The number of carbonyl (C=O) groups excluding carboxylic acids is 1. The molecule has 0 spiro atoms. The zero-order valence-electron chi connectivity index (χ0n) is 17.9. The number of aliphatic hydroxyl groups is 1. The molecule has 1 saturated carbocycles. The summed E-state index contributed by atoms with van der Waals surface area (Å²) in [6.07, 6.45) is 1.02. The predicted octanol–water partition coefficient (Wildman–Crippen LogP) is 4.70. The van der Waals surface area contributed by atoms with Gasteiger partial charge in [0.2, 0.25) is 0 Å². The van der Waals surface area contributed by atoms with E-state index in [0.29, 0.717) is 39.9 Å². The Bertz CT molecular complexity index is 1050. The van der Waals surface area contributed by atoms with Crippen LogP contribution in [-0.4, -0.2) is 31.1 Å². The second-order valence-corrected chi connectivity index (χ2v) is 9.59. The van der Waals surface area contributed by atoms with Crippen molar-refractivity contribution in [1.29, 1.82) is 5.26 Å². The van der Waals surface area contributed by atoms with Crippen LogP contribution in [0.5, 0.6) is 5.75 Å². The van der Waals surface area contributed by atoms with E-state index in [4.69, 9.17) is 27.9 Å². The van der Waals surface area contributed by atoms with Gasteiger partial charge in [-0.05, 0) is 49.1 Å². The number of Topliss-reactive ketones (excluding diaryl/α,β-unsaturated/α-hetero) is 1. The van der Waals surface area contributed by atoms with E-state index in [1.165, 1.54) is 0 Å². The lowest BCUT2D eigenvalue weighted by atomic mass is 9.61. The lowest BCUT2D eigenvalue weighted by Crippen LogP contribution is -2.48. The summed E-state index contributed by atoms with van der Waals surface area (Å²) in [7, 11) is 1.59. The number of methoxy groups -OCH3 is 1. The van der Waals surface area contributed by atoms with E-state index in [2.05, 4.69) is 11.4 Å². The predicted molar refractivity (Wildman–Crippen MR) is 124 cm³/mol. The molecule has 5 nitrogen and oxygen atoms in total. The minimum absolute atomic E-state index is 0.0118. The minimum atomic E-state index is -1.20. The van der Waals surface area contributed by atoms with Crippen LogP contribution >= 0.6 is 23.2 Å². The van der Waals surface area contributed by atoms with E-state index in [1.807, 2.05) is 24.3 Å². The molecule has 1 heterocycles. The molecule has 1 saturated heterocycles. The maximum absolute atomic E-state index is 13.8. The first-order valence-electron chi connectivity index (χ1n) is 10.8. The Morgan fingerprint density at radius 3 is 2.78 bits per heavy atom. The van der Waals surface area contributed by atoms with Gasteiger partial charge in [-0.15, -0.1) is 0 Å².